The highest BCUT2D eigenvalue weighted by molar-refractivity contribution is 5.14. The third-order valence-electron chi connectivity index (χ3n) is 4.89. The summed E-state index contributed by atoms with van der Waals surface area (Å²) in [5.74, 6) is 2.09. The third-order valence-corrected chi connectivity index (χ3v) is 4.89. The van der Waals surface area contributed by atoms with Gasteiger partial charge in [-0.25, -0.2) is 0 Å². The quantitative estimate of drug-likeness (QED) is 0.840. The van der Waals surface area contributed by atoms with Gasteiger partial charge in [0.25, 0.3) is 0 Å². The Balaban J connectivity index is 1.49. The molecule has 2 saturated carbocycles. The maximum atomic E-state index is 10.2. The minimum Gasteiger partial charge on any atom is -0.393 e. The molecule has 2 bridgehead atoms. The van der Waals surface area contributed by atoms with Gasteiger partial charge in [-0.05, 0) is 61.8 Å². The van der Waals surface area contributed by atoms with Crippen LogP contribution in [0.5, 0.6) is 0 Å². The van der Waals surface area contributed by atoms with E-state index < -0.39 is 0 Å². The van der Waals surface area contributed by atoms with Gasteiger partial charge in [-0.3, -0.25) is 0 Å². The molecule has 0 saturated heterocycles. The molecule has 0 spiro atoms. The molecule has 0 heterocycles. The van der Waals surface area contributed by atoms with Crippen LogP contribution in [-0.4, -0.2) is 11.2 Å². The van der Waals surface area contributed by atoms with E-state index in [2.05, 4.69) is 30.3 Å². The maximum absolute atomic E-state index is 10.2. The fraction of sp³-hybridized carbons (Fsp3) is 0.625. The molecule has 1 aromatic rings. The van der Waals surface area contributed by atoms with E-state index >= 15 is 0 Å². The second kappa shape index (κ2) is 4.81. The van der Waals surface area contributed by atoms with Crippen molar-refractivity contribution in [1.29, 1.82) is 0 Å². The summed E-state index contributed by atoms with van der Waals surface area (Å²) in [6.45, 7) is 0. The molecule has 0 aliphatic heterocycles. The summed E-state index contributed by atoms with van der Waals surface area (Å²) < 4.78 is 0. The lowest BCUT2D eigenvalue weighted by molar-refractivity contribution is 0.0538. The van der Waals surface area contributed by atoms with Crippen molar-refractivity contribution >= 4 is 0 Å². The molecule has 92 valence electrons. The van der Waals surface area contributed by atoms with Crippen molar-refractivity contribution in [3.05, 3.63) is 35.9 Å². The zero-order chi connectivity index (χ0) is 11.7. The van der Waals surface area contributed by atoms with E-state index in [9.17, 15) is 5.11 Å². The van der Waals surface area contributed by atoms with Crippen LogP contribution < -0.4 is 0 Å². The fourth-order valence-electron chi connectivity index (χ4n) is 3.97. The largest absolute Gasteiger partial charge is 0.393 e. The van der Waals surface area contributed by atoms with E-state index in [1.165, 1.54) is 44.1 Å². The van der Waals surface area contributed by atoms with E-state index in [1.807, 2.05) is 0 Å². The van der Waals surface area contributed by atoms with Gasteiger partial charge < -0.3 is 5.11 Å². The molecule has 1 nitrogen and oxygen atoms in total. The second-order valence-corrected chi connectivity index (χ2v) is 5.87. The summed E-state index contributed by atoms with van der Waals surface area (Å²) in [5, 5.41) is 10.2. The Morgan fingerprint density at radius 3 is 2.53 bits per heavy atom. The predicted octanol–water partition coefficient (Wildman–Crippen LogP) is 3.42. The van der Waals surface area contributed by atoms with Crippen molar-refractivity contribution < 1.29 is 5.11 Å². The predicted molar refractivity (Wildman–Crippen MR) is 69.7 cm³/mol. The molecular formula is C16H22O. The van der Waals surface area contributed by atoms with Crippen molar-refractivity contribution in [2.75, 3.05) is 0 Å². The molecule has 1 N–H and O–H groups in total. The van der Waals surface area contributed by atoms with Gasteiger partial charge in [0.15, 0.2) is 0 Å². The number of hydrogen-bond acceptors (Lipinski definition) is 1. The van der Waals surface area contributed by atoms with Crippen molar-refractivity contribution in [2.45, 2.75) is 44.6 Å². The lowest BCUT2D eigenvalue weighted by atomic mass is 9.83. The molecular weight excluding hydrogens is 208 g/mol. The Bertz CT molecular complexity index is 357. The molecule has 2 fully saturated rings. The van der Waals surface area contributed by atoms with E-state index in [0.29, 0.717) is 11.8 Å². The van der Waals surface area contributed by atoms with Crippen molar-refractivity contribution in [3.8, 4) is 0 Å². The van der Waals surface area contributed by atoms with Crippen LogP contribution in [0.1, 0.15) is 37.7 Å². The monoisotopic (exact) mass is 230 g/mol. The summed E-state index contributed by atoms with van der Waals surface area (Å²) in [6, 6.07) is 10.7. The molecule has 2 aliphatic carbocycles. The Labute approximate surface area is 104 Å². The summed E-state index contributed by atoms with van der Waals surface area (Å²) in [5.41, 5.74) is 1.44. The molecule has 17 heavy (non-hydrogen) atoms. The zero-order valence-corrected chi connectivity index (χ0v) is 10.4. The summed E-state index contributed by atoms with van der Waals surface area (Å²) in [7, 11) is 0. The first-order valence-corrected chi connectivity index (χ1v) is 7.06. The Hall–Kier alpha value is -0.820. The van der Waals surface area contributed by atoms with Crippen LogP contribution in [0.3, 0.4) is 0 Å². The number of aryl methyl sites for hydroxylation is 1. The highest BCUT2D eigenvalue weighted by atomic mass is 16.3. The highest BCUT2D eigenvalue weighted by Crippen LogP contribution is 2.50. The van der Waals surface area contributed by atoms with Gasteiger partial charge in [0.05, 0.1) is 6.10 Å². The fourth-order valence-corrected chi connectivity index (χ4v) is 3.97. The van der Waals surface area contributed by atoms with Crippen LogP contribution >= 0.6 is 0 Å². The third kappa shape index (κ3) is 2.26. The SMILES string of the molecule is O[C@H]1[C@H]2CC[C@H](C2)[C@@H]1CCCc1ccccc1. The minimum atomic E-state index is 0.0181. The number of hydrogen-bond donors (Lipinski definition) is 1. The van der Waals surface area contributed by atoms with Crippen molar-refractivity contribution in [3.63, 3.8) is 0 Å². The molecule has 4 atom stereocenters. The van der Waals surface area contributed by atoms with Gasteiger partial charge in [0.2, 0.25) is 0 Å². The maximum Gasteiger partial charge on any atom is 0.0599 e. The standard InChI is InChI=1S/C16H22O/c17-16-14-10-9-13(11-14)15(16)8-4-7-12-5-2-1-3-6-12/h1-3,5-6,13-17H,4,7-11H2/t13-,14+,15+,16+/m1/s1. The molecule has 0 unspecified atom stereocenters. The van der Waals surface area contributed by atoms with Gasteiger partial charge in [-0.15, -0.1) is 0 Å². The molecule has 2 aliphatic rings. The minimum absolute atomic E-state index is 0.0181. The molecule has 3 rings (SSSR count). The topological polar surface area (TPSA) is 20.2 Å². The van der Waals surface area contributed by atoms with Crippen LogP contribution in [0.4, 0.5) is 0 Å². The molecule has 1 aromatic carbocycles. The average Bonchev–Trinajstić information content (AvgIpc) is 2.94. The van der Waals surface area contributed by atoms with Crippen LogP contribution in [0.25, 0.3) is 0 Å². The first-order valence-electron chi connectivity index (χ1n) is 7.06. The summed E-state index contributed by atoms with van der Waals surface area (Å²) in [6.07, 6.45) is 7.59. The van der Waals surface area contributed by atoms with Gasteiger partial charge in [0, 0.05) is 0 Å². The van der Waals surface area contributed by atoms with Crippen molar-refractivity contribution in [2.24, 2.45) is 17.8 Å². The number of benzene rings is 1. The highest BCUT2D eigenvalue weighted by Gasteiger charge is 2.45. The molecule has 0 aromatic heterocycles. The smallest absolute Gasteiger partial charge is 0.0599 e. The van der Waals surface area contributed by atoms with E-state index in [4.69, 9.17) is 0 Å². The lowest BCUT2D eigenvalue weighted by Crippen LogP contribution is -2.27. The van der Waals surface area contributed by atoms with E-state index in [0.717, 1.165) is 5.92 Å². The second-order valence-electron chi connectivity index (χ2n) is 5.87. The average molecular weight is 230 g/mol. The van der Waals surface area contributed by atoms with Crippen LogP contribution in [0.2, 0.25) is 0 Å². The lowest BCUT2D eigenvalue weighted by Gasteiger charge is -2.27. The first kappa shape index (κ1) is 11.3. The molecule has 0 radical (unpaired) electrons. The molecule has 1 heteroatoms. The zero-order valence-electron chi connectivity index (χ0n) is 10.4. The van der Waals surface area contributed by atoms with E-state index in [-0.39, 0.29) is 6.10 Å². The summed E-state index contributed by atoms with van der Waals surface area (Å²) >= 11 is 0. The van der Waals surface area contributed by atoms with Crippen LogP contribution in [-0.2, 0) is 6.42 Å². The van der Waals surface area contributed by atoms with Gasteiger partial charge >= 0.3 is 0 Å². The van der Waals surface area contributed by atoms with Crippen LogP contribution in [0.15, 0.2) is 30.3 Å². The number of aliphatic hydroxyl groups is 1. The van der Waals surface area contributed by atoms with Crippen molar-refractivity contribution in [1.82, 2.24) is 0 Å². The Morgan fingerprint density at radius 1 is 1.06 bits per heavy atom. The van der Waals surface area contributed by atoms with Gasteiger partial charge in [0.1, 0.15) is 0 Å². The van der Waals surface area contributed by atoms with Gasteiger partial charge in [-0.2, -0.15) is 0 Å². The van der Waals surface area contributed by atoms with E-state index in [1.54, 1.807) is 0 Å². The molecule has 0 amide bonds. The summed E-state index contributed by atoms with van der Waals surface area (Å²) in [4.78, 5) is 0. The Kier molecular flexibility index (Phi) is 3.19. The number of aliphatic hydroxyl groups excluding tert-OH is 1. The van der Waals surface area contributed by atoms with Crippen LogP contribution in [0, 0.1) is 17.8 Å². The normalized spacial score (nSPS) is 35.4. The number of rotatable bonds is 4. The Morgan fingerprint density at radius 2 is 1.82 bits per heavy atom. The first-order chi connectivity index (χ1) is 8.34. The number of fused-ring (bicyclic) bond motifs is 2. The van der Waals surface area contributed by atoms with Gasteiger partial charge in [-0.1, -0.05) is 30.3 Å².